The quantitative estimate of drug-likeness (QED) is 0.715. The van der Waals surface area contributed by atoms with Crippen LogP contribution in [0.15, 0.2) is 0 Å². The molecule has 0 spiro atoms. The fourth-order valence-corrected chi connectivity index (χ4v) is 1.59. The Labute approximate surface area is 126 Å². The summed E-state index contributed by atoms with van der Waals surface area (Å²) in [6.45, 7) is 9.15. The predicted molar refractivity (Wildman–Crippen MR) is 80.0 cm³/mol. The number of nitrogens with one attached hydrogen (secondary N) is 2. The van der Waals surface area contributed by atoms with Gasteiger partial charge in [0.2, 0.25) is 5.91 Å². The monoisotopic (exact) mass is 300 g/mol. The number of alkyl carbamates (subject to hydrolysis) is 1. The van der Waals surface area contributed by atoms with Gasteiger partial charge in [0.25, 0.3) is 0 Å². The van der Waals surface area contributed by atoms with Gasteiger partial charge in [-0.1, -0.05) is 6.92 Å². The normalized spacial score (nSPS) is 16.2. The maximum atomic E-state index is 11.5. The van der Waals surface area contributed by atoms with Crippen molar-refractivity contribution < 1.29 is 19.1 Å². The molecule has 1 aliphatic carbocycles. The van der Waals surface area contributed by atoms with Crippen LogP contribution in [0.4, 0.5) is 4.79 Å². The second-order valence-electron chi connectivity index (χ2n) is 6.75. The Balaban J connectivity index is 2.02. The fraction of sp³-hybridized carbons (Fsp3) is 0.867. The van der Waals surface area contributed by atoms with Crippen molar-refractivity contribution in [3.8, 4) is 0 Å². The highest BCUT2D eigenvalue weighted by atomic mass is 16.6. The van der Waals surface area contributed by atoms with Gasteiger partial charge in [0.15, 0.2) is 0 Å². The van der Waals surface area contributed by atoms with Crippen LogP contribution in [0.3, 0.4) is 0 Å². The molecule has 6 nitrogen and oxygen atoms in total. The van der Waals surface area contributed by atoms with E-state index in [-0.39, 0.29) is 18.4 Å². The molecule has 2 N–H and O–H groups in total. The Morgan fingerprint density at radius 3 is 2.38 bits per heavy atom. The number of carbonyl (C=O) groups excluding carboxylic acids is 2. The molecular weight excluding hydrogens is 272 g/mol. The molecule has 0 heterocycles. The molecule has 0 bridgehead atoms. The van der Waals surface area contributed by atoms with E-state index >= 15 is 0 Å². The van der Waals surface area contributed by atoms with Gasteiger partial charge in [-0.25, -0.2) is 4.79 Å². The van der Waals surface area contributed by atoms with E-state index in [9.17, 15) is 9.59 Å². The Hall–Kier alpha value is -1.30. The summed E-state index contributed by atoms with van der Waals surface area (Å²) in [5.74, 6) is 0.680. The second kappa shape index (κ2) is 8.22. The smallest absolute Gasteiger partial charge is 0.407 e. The summed E-state index contributed by atoms with van der Waals surface area (Å²) in [7, 11) is 0. The summed E-state index contributed by atoms with van der Waals surface area (Å²) in [6, 6.07) is 0. The minimum atomic E-state index is -0.500. The summed E-state index contributed by atoms with van der Waals surface area (Å²) in [6.07, 6.45) is 2.00. The zero-order valence-electron chi connectivity index (χ0n) is 13.5. The van der Waals surface area contributed by atoms with Gasteiger partial charge in [0.05, 0.1) is 6.61 Å². The van der Waals surface area contributed by atoms with Crippen LogP contribution in [0, 0.1) is 11.8 Å². The van der Waals surface area contributed by atoms with Crippen molar-refractivity contribution in [2.45, 2.75) is 46.1 Å². The molecular formula is C15H28N2O4. The number of hydrogen-bond acceptors (Lipinski definition) is 4. The highest BCUT2D eigenvalue weighted by Crippen LogP contribution is 2.28. The molecule has 0 aromatic rings. The molecule has 2 amide bonds. The van der Waals surface area contributed by atoms with E-state index in [0.717, 1.165) is 0 Å². The van der Waals surface area contributed by atoms with E-state index in [1.807, 2.05) is 27.7 Å². The third-order valence-corrected chi connectivity index (χ3v) is 2.93. The number of ether oxygens (including phenoxy) is 2. The minimum Gasteiger partial charge on any atom is -0.444 e. The van der Waals surface area contributed by atoms with Gasteiger partial charge in [-0.05, 0) is 45.4 Å². The number of hydrogen-bond donors (Lipinski definition) is 2. The molecule has 0 aromatic carbocycles. The van der Waals surface area contributed by atoms with Gasteiger partial charge >= 0.3 is 6.09 Å². The van der Waals surface area contributed by atoms with Gasteiger partial charge in [0, 0.05) is 13.1 Å². The maximum Gasteiger partial charge on any atom is 0.407 e. The van der Waals surface area contributed by atoms with E-state index in [2.05, 4.69) is 10.6 Å². The lowest BCUT2D eigenvalue weighted by molar-refractivity contribution is -0.126. The van der Waals surface area contributed by atoms with Crippen LogP contribution >= 0.6 is 0 Å². The molecule has 0 unspecified atom stereocenters. The fourth-order valence-electron chi connectivity index (χ4n) is 1.59. The van der Waals surface area contributed by atoms with Crippen LogP contribution in [0.25, 0.3) is 0 Å². The summed E-state index contributed by atoms with van der Waals surface area (Å²) in [5.41, 5.74) is -0.500. The first-order valence-corrected chi connectivity index (χ1v) is 7.57. The topological polar surface area (TPSA) is 76.7 Å². The Kier molecular flexibility index (Phi) is 6.95. The lowest BCUT2D eigenvalue weighted by Gasteiger charge is -2.21. The molecule has 1 saturated carbocycles. The van der Waals surface area contributed by atoms with Crippen LogP contribution in [-0.4, -0.2) is 43.9 Å². The minimum absolute atomic E-state index is 0.111. The molecule has 0 radical (unpaired) electrons. The molecule has 0 aliphatic heterocycles. The van der Waals surface area contributed by atoms with Crippen molar-refractivity contribution in [1.29, 1.82) is 0 Å². The maximum absolute atomic E-state index is 11.5. The molecule has 6 heteroatoms. The van der Waals surface area contributed by atoms with E-state index in [4.69, 9.17) is 9.47 Å². The van der Waals surface area contributed by atoms with Crippen molar-refractivity contribution in [2.75, 3.05) is 26.3 Å². The Morgan fingerprint density at radius 1 is 1.19 bits per heavy atom. The second-order valence-corrected chi connectivity index (χ2v) is 6.75. The van der Waals surface area contributed by atoms with Gasteiger partial charge in [0.1, 0.15) is 12.2 Å². The average Bonchev–Trinajstić information content (AvgIpc) is 3.16. The van der Waals surface area contributed by atoms with Crippen molar-refractivity contribution >= 4 is 12.0 Å². The first kappa shape index (κ1) is 17.8. The zero-order valence-corrected chi connectivity index (χ0v) is 13.5. The molecule has 1 aliphatic rings. The number of rotatable bonds is 8. The molecule has 0 aromatic heterocycles. The average molecular weight is 300 g/mol. The third-order valence-electron chi connectivity index (χ3n) is 2.93. The lowest BCUT2D eigenvalue weighted by Crippen LogP contribution is -2.38. The SMILES string of the molecule is C[C@H](CNC(=O)COCC1CC1)CNC(=O)OC(C)(C)C. The van der Waals surface area contributed by atoms with Gasteiger partial charge in [-0.3, -0.25) is 4.79 Å². The number of carbonyl (C=O) groups is 2. The highest BCUT2D eigenvalue weighted by molar-refractivity contribution is 5.77. The zero-order chi connectivity index (χ0) is 15.9. The predicted octanol–water partition coefficient (Wildman–Crippen LogP) is 1.69. The van der Waals surface area contributed by atoms with E-state index in [0.29, 0.717) is 25.6 Å². The summed E-state index contributed by atoms with van der Waals surface area (Å²) in [4.78, 5) is 23.0. The van der Waals surface area contributed by atoms with Crippen molar-refractivity contribution in [1.82, 2.24) is 10.6 Å². The van der Waals surface area contributed by atoms with Crippen molar-refractivity contribution in [3.63, 3.8) is 0 Å². The molecule has 122 valence electrons. The standard InChI is InChI=1S/C15H28N2O4/c1-11(8-17-14(19)21-15(2,3)4)7-16-13(18)10-20-9-12-5-6-12/h11-12H,5-10H2,1-4H3,(H,16,18)(H,17,19)/t11-/m1/s1. The summed E-state index contributed by atoms with van der Waals surface area (Å²) in [5, 5.41) is 5.48. The molecule has 1 fully saturated rings. The third kappa shape index (κ3) is 10.1. The Morgan fingerprint density at radius 2 is 1.81 bits per heavy atom. The first-order chi connectivity index (χ1) is 9.76. The van der Waals surface area contributed by atoms with Crippen LogP contribution in [0.2, 0.25) is 0 Å². The van der Waals surface area contributed by atoms with Crippen molar-refractivity contribution in [3.05, 3.63) is 0 Å². The number of amides is 2. The Bertz CT molecular complexity index is 348. The van der Waals surface area contributed by atoms with Gasteiger partial charge in [-0.15, -0.1) is 0 Å². The van der Waals surface area contributed by atoms with Gasteiger partial charge in [-0.2, -0.15) is 0 Å². The largest absolute Gasteiger partial charge is 0.444 e. The molecule has 0 saturated heterocycles. The van der Waals surface area contributed by atoms with Crippen LogP contribution in [0.5, 0.6) is 0 Å². The highest BCUT2D eigenvalue weighted by Gasteiger charge is 2.21. The van der Waals surface area contributed by atoms with Crippen LogP contribution in [-0.2, 0) is 14.3 Å². The van der Waals surface area contributed by atoms with Crippen LogP contribution in [0.1, 0.15) is 40.5 Å². The van der Waals surface area contributed by atoms with Crippen molar-refractivity contribution in [2.24, 2.45) is 11.8 Å². The van der Waals surface area contributed by atoms with E-state index in [1.54, 1.807) is 0 Å². The van der Waals surface area contributed by atoms with E-state index < -0.39 is 11.7 Å². The first-order valence-electron chi connectivity index (χ1n) is 7.57. The molecule has 1 atom stereocenters. The lowest BCUT2D eigenvalue weighted by atomic mass is 10.2. The van der Waals surface area contributed by atoms with Gasteiger partial charge < -0.3 is 20.1 Å². The van der Waals surface area contributed by atoms with Crippen LogP contribution < -0.4 is 10.6 Å². The molecule has 21 heavy (non-hydrogen) atoms. The molecule has 1 rings (SSSR count). The summed E-state index contributed by atoms with van der Waals surface area (Å²) >= 11 is 0. The van der Waals surface area contributed by atoms with E-state index in [1.165, 1.54) is 12.8 Å². The summed E-state index contributed by atoms with van der Waals surface area (Å²) < 4.78 is 10.4.